The van der Waals surface area contributed by atoms with Crippen molar-refractivity contribution in [3.63, 3.8) is 0 Å². The predicted molar refractivity (Wildman–Crippen MR) is 47.2 cm³/mol. The van der Waals surface area contributed by atoms with E-state index in [1.165, 1.54) is 0 Å². The topological polar surface area (TPSA) is 44.0 Å². The molecule has 1 N–H and O–H groups in total. The maximum absolute atomic E-state index is 9.28. The minimum atomic E-state index is 0.0957. The number of nitriles is 1. The van der Waals surface area contributed by atoms with E-state index >= 15 is 0 Å². The lowest BCUT2D eigenvalue weighted by atomic mass is 10.1. The number of phenolic OH excluding ortho intramolecular Hbond substituents is 1. The summed E-state index contributed by atoms with van der Waals surface area (Å²) in [6.45, 7) is 1.75. The van der Waals surface area contributed by atoms with Crippen molar-refractivity contribution in [2.45, 2.75) is 13.3 Å². The lowest BCUT2D eigenvalue weighted by Gasteiger charge is -2.02. The van der Waals surface area contributed by atoms with E-state index in [9.17, 15) is 5.11 Å². The summed E-state index contributed by atoms with van der Waals surface area (Å²) in [5.74, 6) is 0.0957. The van der Waals surface area contributed by atoms with Gasteiger partial charge in [0.25, 0.3) is 0 Å². The quantitative estimate of drug-likeness (QED) is 0.723. The second-order valence-electron chi connectivity index (χ2n) is 2.58. The first-order valence-electron chi connectivity index (χ1n) is 3.50. The van der Waals surface area contributed by atoms with Crippen LogP contribution in [0.2, 0.25) is 5.02 Å². The van der Waals surface area contributed by atoms with Gasteiger partial charge in [-0.15, -0.1) is 0 Å². The number of nitrogens with zero attached hydrogens (tertiary/aromatic N) is 1. The van der Waals surface area contributed by atoms with Crippen molar-refractivity contribution in [3.8, 4) is 11.8 Å². The van der Waals surface area contributed by atoms with Gasteiger partial charge in [0.05, 0.1) is 17.5 Å². The first-order valence-corrected chi connectivity index (χ1v) is 3.88. The molecule has 0 spiro atoms. The molecule has 0 aliphatic heterocycles. The van der Waals surface area contributed by atoms with Gasteiger partial charge in [0, 0.05) is 0 Å². The first-order chi connectivity index (χ1) is 5.65. The van der Waals surface area contributed by atoms with Crippen LogP contribution in [0.3, 0.4) is 0 Å². The van der Waals surface area contributed by atoms with Crippen molar-refractivity contribution in [2.75, 3.05) is 0 Å². The molecule has 12 heavy (non-hydrogen) atoms. The van der Waals surface area contributed by atoms with Crippen LogP contribution in [0.1, 0.15) is 11.1 Å². The van der Waals surface area contributed by atoms with Crippen molar-refractivity contribution in [2.24, 2.45) is 0 Å². The fraction of sp³-hybridized carbons (Fsp3) is 0.222. The van der Waals surface area contributed by atoms with Crippen LogP contribution >= 0.6 is 11.6 Å². The number of phenols is 1. The highest BCUT2D eigenvalue weighted by Gasteiger charge is 2.03. The van der Waals surface area contributed by atoms with Crippen LogP contribution in [0.5, 0.6) is 5.75 Å². The molecule has 0 unspecified atom stereocenters. The van der Waals surface area contributed by atoms with Gasteiger partial charge in [0.15, 0.2) is 0 Å². The summed E-state index contributed by atoms with van der Waals surface area (Å²) in [6.07, 6.45) is 0.320. The van der Waals surface area contributed by atoms with Crippen LogP contribution in [0.25, 0.3) is 0 Å². The second-order valence-corrected chi connectivity index (χ2v) is 2.99. The van der Waals surface area contributed by atoms with Gasteiger partial charge in [-0.3, -0.25) is 0 Å². The number of aromatic hydroxyl groups is 1. The Morgan fingerprint density at radius 2 is 2.25 bits per heavy atom. The van der Waals surface area contributed by atoms with Crippen molar-refractivity contribution in [3.05, 3.63) is 28.3 Å². The Bertz CT molecular complexity index is 318. The Morgan fingerprint density at radius 3 is 2.75 bits per heavy atom. The molecule has 1 aromatic rings. The van der Waals surface area contributed by atoms with Gasteiger partial charge in [-0.1, -0.05) is 17.7 Å². The highest BCUT2D eigenvalue weighted by atomic mass is 35.5. The van der Waals surface area contributed by atoms with E-state index in [0.29, 0.717) is 17.0 Å². The van der Waals surface area contributed by atoms with Gasteiger partial charge in [-0.2, -0.15) is 5.26 Å². The molecule has 0 atom stereocenters. The zero-order chi connectivity index (χ0) is 9.14. The summed E-state index contributed by atoms with van der Waals surface area (Å²) in [6, 6.07) is 5.38. The molecule has 0 amide bonds. The van der Waals surface area contributed by atoms with Crippen molar-refractivity contribution < 1.29 is 5.11 Å². The van der Waals surface area contributed by atoms with E-state index in [2.05, 4.69) is 0 Å². The fourth-order valence-corrected chi connectivity index (χ4v) is 1.29. The molecule has 1 rings (SSSR count). The predicted octanol–water partition coefficient (Wildman–Crippen LogP) is 2.42. The number of aryl methyl sites for hydroxylation is 1. The summed E-state index contributed by atoms with van der Waals surface area (Å²) in [4.78, 5) is 0. The fourth-order valence-electron chi connectivity index (χ4n) is 1.00. The number of halogens is 1. The summed E-state index contributed by atoms with van der Waals surface area (Å²) >= 11 is 5.70. The van der Waals surface area contributed by atoms with Crippen molar-refractivity contribution in [1.82, 2.24) is 0 Å². The molecule has 0 fully saturated rings. The standard InChI is InChI=1S/C9H8ClNO/c1-6-4-7(2-3-11)5-8(10)9(6)12/h4-5,12H,2H2,1H3. The number of hydrogen-bond donors (Lipinski definition) is 1. The minimum absolute atomic E-state index is 0.0957. The molecule has 2 nitrogen and oxygen atoms in total. The Hall–Kier alpha value is -1.20. The van der Waals surface area contributed by atoms with Crippen molar-refractivity contribution in [1.29, 1.82) is 5.26 Å². The summed E-state index contributed by atoms with van der Waals surface area (Å²) in [5, 5.41) is 18.0. The van der Waals surface area contributed by atoms with Gasteiger partial charge in [0.2, 0.25) is 0 Å². The molecule has 0 aromatic heterocycles. The minimum Gasteiger partial charge on any atom is -0.506 e. The smallest absolute Gasteiger partial charge is 0.137 e. The van der Waals surface area contributed by atoms with Gasteiger partial charge in [-0.25, -0.2) is 0 Å². The molecular weight excluding hydrogens is 174 g/mol. The molecule has 62 valence electrons. The van der Waals surface area contributed by atoms with E-state index in [4.69, 9.17) is 16.9 Å². The molecule has 0 saturated heterocycles. The Kier molecular flexibility index (Phi) is 2.57. The van der Waals surface area contributed by atoms with E-state index in [1.54, 1.807) is 19.1 Å². The Balaban J connectivity index is 3.14. The Morgan fingerprint density at radius 1 is 1.58 bits per heavy atom. The van der Waals surface area contributed by atoms with Crippen LogP contribution in [0, 0.1) is 18.3 Å². The first kappa shape index (κ1) is 8.89. The van der Waals surface area contributed by atoms with Gasteiger partial charge in [-0.05, 0) is 24.1 Å². The third-order valence-electron chi connectivity index (χ3n) is 1.60. The maximum Gasteiger partial charge on any atom is 0.137 e. The second kappa shape index (κ2) is 3.46. The van der Waals surface area contributed by atoms with Crippen LogP contribution in [-0.2, 0) is 6.42 Å². The molecular formula is C9H8ClNO. The molecule has 0 aliphatic rings. The third-order valence-corrected chi connectivity index (χ3v) is 1.89. The lowest BCUT2D eigenvalue weighted by molar-refractivity contribution is 0.471. The molecule has 3 heteroatoms. The molecule has 0 saturated carbocycles. The number of benzene rings is 1. The number of hydrogen-bond acceptors (Lipinski definition) is 2. The SMILES string of the molecule is Cc1cc(CC#N)cc(Cl)c1O. The van der Waals surface area contributed by atoms with Crippen LogP contribution in [-0.4, -0.2) is 5.11 Å². The van der Waals surface area contributed by atoms with Gasteiger partial charge < -0.3 is 5.11 Å². The maximum atomic E-state index is 9.28. The van der Waals surface area contributed by atoms with Crippen molar-refractivity contribution >= 4 is 11.6 Å². The average Bonchev–Trinajstić information content (AvgIpc) is 2.01. The van der Waals surface area contributed by atoms with E-state index < -0.39 is 0 Å². The molecule has 0 radical (unpaired) electrons. The molecule has 0 aliphatic carbocycles. The Labute approximate surface area is 76.0 Å². The zero-order valence-electron chi connectivity index (χ0n) is 6.63. The third kappa shape index (κ3) is 1.69. The molecule has 1 aromatic carbocycles. The monoisotopic (exact) mass is 181 g/mol. The molecule has 0 heterocycles. The van der Waals surface area contributed by atoms with Crippen LogP contribution in [0.15, 0.2) is 12.1 Å². The summed E-state index contributed by atoms with van der Waals surface area (Å²) < 4.78 is 0. The highest BCUT2D eigenvalue weighted by Crippen LogP contribution is 2.28. The van der Waals surface area contributed by atoms with Crippen LogP contribution in [0.4, 0.5) is 0 Å². The zero-order valence-corrected chi connectivity index (χ0v) is 7.39. The van der Waals surface area contributed by atoms with Gasteiger partial charge in [0.1, 0.15) is 5.75 Å². The molecule has 0 bridgehead atoms. The van der Waals surface area contributed by atoms with E-state index in [0.717, 1.165) is 5.56 Å². The largest absolute Gasteiger partial charge is 0.506 e. The average molecular weight is 182 g/mol. The lowest BCUT2D eigenvalue weighted by Crippen LogP contribution is -1.84. The van der Waals surface area contributed by atoms with E-state index in [-0.39, 0.29) is 5.75 Å². The normalized spacial score (nSPS) is 9.42. The summed E-state index contributed by atoms with van der Waals surface area (Å²) in [5.41, 5.74) is 1.53. The van der Waals surface area contributed by atoms with Crippen LogP contribution < -0.4 is 0 Å². The number of rotatable bonds is 1. The van der Waals surface area contributed by atoms with E-state index in [1.807, 2.05) is 6.07 Å². The summed E-state index contributed by atoms with van der Waals surface area (Å²) in [7, 11) is 0. The highest BCUT2D eigenvalue weighted by molar-refractivity contribution is 6.32. The van der Waals surface area contributed by atoms with Gasteiger partial charge >= 0.3 is 0 Å².